The van der Waals surface area contributed by atoms with Crippen LogP contribution in [0.25, 0.3) is 0 Å². The number of nitro benzene ring substituents is 1. The van der Waals surface area contributed by atoms with E-state index in [1.165, 1.54) is 18.9 Å². The van der Waals surface area contributed by atoms with Crippen molar-refractivity contribution < 1.29 is 9.66 Å². The summed E-state index contributed by atoms with van der Waals surface area (Å²) in [5.74, 6) is 0.528. The van der Waals surface area contributed by atoms with Crippen molar-refractivity contribution in [3.05, 3.63) is 28.3 Å². The molecule has 0 aromatic heterocycles. The normalized spacial score (nSPS) is 19.2. The van der Waals surface area contributed by atoms with Crippen LogP contribution in [-0.2, 0) is 0 Å². The second-order valence-corrected chi connectivity index (χ2v) is 5.44. The molecule has 1 saturated heterocycles. The lowest BCUT2D eigenvalue weighted by atomic mass is 10.1. The molecule has 1 aliphatic heterocycles. The van der Waals surface area contributed by atoms with Gasteiger partial charge in [-0.2, -0.15) is 0 Å². The number of nitrogens with zero attached hydrogens (tertiary/aromatic N) is 1. The molecule has 0 amide bonds. The van der Waals surface area contributed by atoms with Crippen LogP contribution in [0.1, 0.15) is 33.1 Å². The Morgan fingerprint density at radius 1 is 1.57 bits per heavy atom. The molecule has 1 fully saturated rings. The van der Waals surface area contributed by atoms with Crippen molar-refractivity contribution in [2.75, 3.05) is 18.5 Å². The maximum atomic E-state index is 11.2. The van der Waals surface area contributed by atoms with Gasteiger partial charge in [0, 0.05) is 12.1 Å². The first-order valence-electron chi connectivity index (χ1n) is 7.51. The highest BCUT2D eigenvalue weighted by Gasteiger charge is 2.20. The highest BCUT2D eigenvalue weighted by molar-refractivity contribution is 5.64. The number of rotatable bonds is 7. The molecule has 1 aromatic rings. The third-order valence-corrected chi connectivity index (χ3v) is 3.68. The SMILES string of the molecule is CCOc1ccc(NC(C)CC2CCCN2)c([N+](=O)[O-])c1. The fraction of sp³-hybridized carbons (Fsp3) is 0.600. The minimum atomic E-state index is -0.370. The molecule has 2 rings (SSSR count). The van der Waals surface area contributed by atoms with Crippen LogP contribution < -0.4 is 15.4 Å². The Hall–Kier alpha value is -1.82. The lowest BCUT2D eigenvalue weighted by Gasteiger charge is -2.19. The first-order chi connectivity index (χ1) is 10.1. The van der Waals surface area contributed by atoms with Crippen LogP contribution in [-0.4, -0.2) is 30.2 Å². The van der Waals surface area contributed by atoms with Crippen molar-refractivity contribution in [2.24, 2.45) is 0 Å². The maximum Gasteiger partial charge on any atom is 0.296 e. The number of hydrogen-bond acceptors (Lipinski definition) is 5. The number of nitro groups is 1. The average molecular weight is 293 g/mol. The van der Waals surface area contributed by atoms with E-state index in [0.717, 1.165) is 13.0 Å². The van der Waals surface area contributed by atoms with Crippen molar-refractivity contribution in [3.63, 3.8) is 0 Å². The molecule has 6 heteroatoms. The summed E-state index contributed by atoms with van der Waals surface area (Å²) >= 11 is 0. The van der Waals surface area contributed by atoms with E-state index in [4.69, 9.17) is 4.74 Å². The summed E-state index contributed by atoms with van der Waals surface area (Å²) in [6.45, 7) is 5.48. The van der Waals surface area contributed by atoms with Crippen molar-refractivity contribution in [1.82, 2.24) is 5.32 Å². The van der Waals surface area contributed by atoms with Crippen molar-refractivity contribution in [3.8, 4) is 5.75 Å². The van der Waals surface area contributed by atoms with Gasteiger partial charge in [0.1, 0.15) is 11.4 Å². The summed E-state index contributed by atoms with van der Waals surface area (Å²) in [6.07, 6.45) is 3.35. The summed E-state index contributed by atoms with van der Waals surface area (Å²) in [7, 11) is 0. The van der Waals surface area contributed by atoms with E-state index in [-0.39, 0.29) is 16.7 Å². The predicted octanol–water partition coefficient (Wildman–Crippen LogP) is 2.94. The lowest BCUT2D eigenvalue weighted by Crippen LogP contribution is -2.29. The standard InChI is InChI=1S/C15H23N3O3/c1-3-21-13-6-7-14(15(10-13)18(19)20)17-11(2)9-12-5-4-8-16-12/h6-7,10-12,16-17H,3-5,8-9H2,1-2H3. The fourth-order valence-corrected chi connectivity index (χ4v) is 2.75. The summed E-state index contributed by atoms with van der Waals surface area (Å²) in [5, 5.41) is 17.9. The van der Waals surface area contributed by atoms with Crippen LogP contribution in [0.2, 0.25) is 0 Å². The third-order valence-electron chi connectivity index (χ3n) is 3.68. The Morgan fingerprint density at radius 2 is 2.38 bits per heavy atom. The first-order valence-corrected chi connectivity index (χ1v) is 7.51. The summed E-state index contributed by atoms with van der Waals surface area (Å²) in [6, 6.07) is 5.65. The lowest BCUT2D eigenvalue weighted by molar-refractivity contribution is -0.384. The van der Waals surface area contributed by atoms with Gasteiger partial charge in [-0.05, 0) is 51.8 Å². The zero-order valence-corrected chi connectivity index (χ0v) is 12.6. The highest BCUT2D eigenvalue weighted by Crippen LogP contribution is 2.30. The van der Waals surface area contributed by atoms with Crippen molar-refractivity contribution in [1.29, 1.82) is 0 Å². The van der Waals surface area contributed by atoms with Gasteiger partial charge < -0.3 is 15.4 Å². The van der Waals surface area contributed by atoms with Gasteiger partial charge in [-0.15, -0.1) is 0 Å². The molecule has 2 unspecified atom stereocenters. The van der Waals surface area contributed by atoms with Crippen LogP contribution >= 0.6 is 0 Å². The zero-order chi connectivity index (χ0) is 15.2. The minimum absolute atomic E-state index is 0.0622. The molecule has 0 radical (unpaired) electrons. The molecule has 0 saturated carbocycles. The van der Waals surface area contributed by atoms with E-state index in [0.29, 0.717) is 24.1 Å². The van der Waals surface area contributed by atoms with Crippen LogP contribution in [0.5, 0.6) is 5.75 Å². The zero-order valence-electron chi connectivity index (χ0n) is 12.6. The van der Waals surface area contributed by atoms with Gasteiger partial charge >= 0.3 is 0 Å². The molecule has 1 heterocycles. The summed E-state index contributed by atoms with van der Waals surface area (Å²) in [5.41, 5.74) is 0.612. The molecule has 2 atom stereocenters. The Morgan fingerprint density at radius 3 is 3.00 bits per heavy atom. The summed E-state index contributed by atoms with van der Waals surface area (Å²) < 4.78 is 5.32. The quantitative estimate of drug-likeness (QED) is 0.597. The monoisotopic (exact) mass is 293 g/mol. The molecule has 0 bridgehead atoms. The molecule has 6 nitrogen and oxygen atoms in total. The Balaban J connectivity index is 2.05. The summed E-state index contributed by atoms with van der Waals surface area (Å²) in [4.78, 5) is 10.8. The van der Waals surface area contributed by atoms with Gasteiger partial charge in [-0.1, -0.05) is 0 Å². The second-order valence-electron chi connectivity index (χ2n) is 5.44. The highest BCUT2D eigenvalue weighted by atomic mass is 16.6. The molecule has 2 N–H and O–H groups in total. The number of benzene rings is 1. The number of nitrogens with one attached hydrogen (secondary N) is 2. The van der Waals surface area contributed by atoms with Crippen molar-refractivity contribution in [2.45, 2.75) is 45.2 Å². The largest absolute Gasteiger partial charge is 0.494 e. The maximum absolute atomic E-state index is 11.2. The van der Waals surface area contributed by atoms with Gasteiger partial charge in [0.05, 0.1) is 17.6 Å². The molecule has 0 spiro atoms. The average Bonchev–Trinajstić information content (AvgIpc) is 2.93. The predicted molar refractivity (Wildman–Crippen MR) is 83.0 cm³/mol. The first kappa shape index (κ1) is 15.6. The van der Waals surface area contributed by atoms with E-state index < -0.39 is 0 Å². The number of hydrogen-bond donors (Lipinski definition) is 2. The van der Waals surface area contributed by atoms with Crippen LogP contribution in [0.15, 0.2) is 18.2 Å². The molecular weight excluding hydrogens is 270 g/mol. The Kier molecular flexibility index (Phi) is 5.38. The number of anilines is 1. The van der Waals surface area contributed by atoms with Gasteiger partial charge in [0.25, 0.3) is 5.69 Å². The molecular formula is C15H23N3O3. The van der Waals surface area contributed by atoms with Crippen molar-refractivity contribution >= 4 is 11.4 Å². The third kappa shape index (κ3) is 4.32. The van der Waals surface area contributed by atoms with E-state index in [9.17, 15) is 10.1 Å². The van der Waals surface area contributed by atoms with Crippen LogP contribution in [0.4, 0.5) is 11.4 Å². The Bertz CT molecular complexity index is 487. The molecule has 0 aliphatic carbocycles. The second kappa shape index (κ2) is 7.26. The fourth-order valence-electron chi connectivity index (χ4n) is 2.75. The molecule has 1 aromatic carbocycles. The van der Waals surface area contributed by atoms with Gasteiger partial charge in [-0.25, -0.2) is 0 Å². The van der Waals surface area contributed by atoms with E-state index in [1.807, 2.05) is 6.92 Å². The van der Waals surface area contributed by atoms with E-state index in [2.05, 4.69) is 17.6 Å². The molecule has 21 heavy (non-hydrogen) atoms. The smallest absolute Gasteiger partial charge is 0.296 e. The topological polar surface area (TPSA) is 76.4 Å². The van der Waals surface area contributed by atoms with E-state index in [1.54, 1.807) is 12.1 Å². The van der Waals surface area contributed by atoms with Crippen LogP contribution in [0, 0.1) is 10.1 Å². The Labute approximate surface area is 125 Å². The van der Waals surface area contributed by atoms with Crippen LogP contribution in [0.3, 0.4) is 0 Å². The minimum Gasteiger partial charge on any atom is -0.494 e. The molecule has 1 aliphatic rings. The van der Waals surface area contributed by atoms with Gasteiger partial charge in [0.2, 0.25) is 0 Å². The van der Waals surface area contributed by atoms with E-state index >= 15 is 0 Å². The molecule has 116 valence electrons. The van der Waals surface area contributed by atoms with Gasteiger partial charge in [-0.3, -0.25) is 10.1 Å². The number of ether oxygens (including phenoxy) is 1. The van der Waals surface area contributed by atoms with Gasteiger partial charge in [0.15, 0.2) is 0 Å².